The minimum atomic E-state index is -2.91. The van der Waals surface area contributed by atoms with Crippen LogP contribution in [0.4, 0.5) is 0 Å². The summed E-state index contributed by atoms with van der Waals surface area (Å²) < 4.78 is 23.5. The maximum atomic E-state index is 11.5. The Hall–Kier alpha value is 0.0600. The van der Waals surface area contributed by atoms with Gasteiger partial charge in [0.25, 0.3) is 0 Å². The lowest BCUT2D eigenvalue weighted by molar-refractivity contribution is 0.226. The Morgan fingerprint density at radius 2 is 2.19 bits per heavy atom. The first-order valence-corrected chi connectivity index (χ1v) is 8.13. The topological polar surface area (TPSA) is 37.4 Å². The summed E-state index contributed by atoms with van der Waals surface area (Å²) in [6.45, 7) is 4.81. The molecule has 1 fully saturated rings. The normalized spacial score (nSPS) is 27.9. The summed E-state index contributed by atoms with van der Waals surface area (Å²) in [5.74, 6) is 0.435. The zero-order valence-electron chi connectivity index (χ0n) is 9.73. The van der Waals surface area contributed by atoms with Crippen LogP contribution in [0.3, 0.4) is 0 Å². The van der Waals surface area contributed by atoms with E-state index in [-0.39, 0.29) is 17.0 Å². The predicted molar refractivity (Wildman–Crippen MR) is 73.3 cm³/mol. The molecule has 0 aliphatic carbocycles. The van der Waals surface area contributed by atoms with E-state index in [1.807, 2.05) is 11.8 Å². The average molecular weight is 280 g/mol. The lowest BCUT2D eigenvalue weighted by Gasteiger charge is -2.42. The van der Waals surface area contributed by atoms with E-state index in [0.717, 1.165) is 19.4 Å². The van der Waals surface area contributed by atoms with Gasteiger partial charge in [-0.2, -0.15) is 0 Å². The van der Waals surface area contributed by atoms with Crippen LogP contribution in [0.5, 0.6) is 0 Å². The van der Waals surface area contributed by atoms with Crippen molar-refractivity contribution in [3.05, 3.63) is 0 Å². The van der Waals surface area contributed by atoms with Gasteiger partial charge in [-0.25, -0.2) is 8.42 Å². The second-order valence-electron chi connectivity index (χ2n) is 4.61. The Labute approximate surface area is 109 Å². The van der Waals surface area contributed by atoms with Crippen molar-refractivity contribution in [3.63, 3.8) is 0 Å². The standard InChI is InChI=1S/C10H19NO2S3/c1-3-4-6-11(9(14)15)10(2)5-7-16(12,13)8-10/h3-8H2,1-2H3,(H,14,15)/p-1. The molecule has 1 atom stereocenters. The molecule has 1 saturated heterocycles. The molecule has 0 aromatic carbocycles. The van der Waals surface area contributed by atoms with Gasteiger partial charge in [0.15, 0.2) is 9.84 Å². The Morgan fingerprint density at radius 3 is 2.56 bits per heavy atom. The highest BCUT2D eigenvalue weighted by atomic mass is 32.2. The van der Waals surface area contributed by atoms with Crippen LogP contribution in [0.25, 0.3) is 0 Å². The van der Waals surface area contributed by atoms with E-state index in [1.54, 1.807) is 0 Å². The van der Waals surface area contributed by atoms with Crippen LogP contribution in [0.1, 0.15) is 33.1 Å². The molecule has 6 heteroatoms. The molecule has 1 heterocycles. The van der Waals surface area contributed by atoms with Gasteiger partial charge in [-0.1, -0.05) is 17.7 Å². The highest BCUT2D eigenvalue weighted by Crippen LogP contribution is 2.30. The van der Waals surface area contributed by atoms with E-state index in [4.69, 9.17) is 24.8 Å². The molecule has 0 N–H and O–H groups in total. The average Bonchev–Trinajstić information content (AvgIpc) is 2.41. The largest absolute Gasteiger partial charge is 0.411 e. The molecule has 1 aliphatic heterocycles. The fourth-order valence-corrected chi connectivity index (χ4v) is 4.87. The summed E-state index contributed by atoms with van der Waals surface area (Å²) in [6.07, 6.45) is 2.68. The van der Waals surface area contributed by atoms with Crippen molar-refractivity contribution in [1.29, 1.82) is 0 Å². The van der Waals surface area contributed by atoms with Crippen molar-refractivity contribution in [3.8, 4) is 0 Å². The van der Waals surface area contributed by atoms with Crippen molar-refractivity contribution in [2.24, 2.45) is 0 Å². The van der Waals surface area contributed by atoms with Gasteiger partial charge in [0.1, 0.15) is 0 Å². The van der Waals surface area contributed by atoms with Gasteiger partial charge in [0, 0.05) is 6.54 Å². The highest BCUT2D eigenvalue weighted by molar-refractivity contribution is 8.00. The number of hydrogen-bond donors (Lipinski definition) is 0. The monoisotopic (exact) mass is 280 g/mol. The van der Waals surface area contributed by atoms with E-state index in [1.165, 1.54) is 0 Å². The molecule has 94 valence electrons. The SMILES string of the molecule is CCCCN(C(=S)[S-])C1(C)CCS(=O)(=O)C1. The van der Waals surface area contributed by atoms with Crippen LogP contribution < -0.4 is 0 Å². The Balaban J connectivity index is 2.82. The lowest BCUT2D eigenvalue weighted by Crippen LogP contribution is -2.50. The molecule has 3 nitrogen and oxygen atoms in total. The Morgan fingerprint density at radius 1 is 1.56 bits per heavy atom. The second kappa shape index (κ2) is 5.14. The molecule has 0 saturated carbocycles. The number of unbranched alkanes of at least 4 members (excludes halogenated alkanes) is 1. The van der Waals surface area contributed by atoms with Crippen LogP contribution in [0, 0.1) is 0 Å². The molecule has 0 spiro atoms. The molecule has 1 unspecified atom stereocenters. The first kappa shape index (κ1) is 14.1. The van der Waals surface area contributed by atoms with Crippen LogP contribution >= 0.6 is 12.2 Å². The van der Waals surface area contributed by atoms with E-state index in [0.29, 0.717) is 10.7 Å². The van der Waals surface area contributed by atoms with Crippen LogP contribution in [-0.2, 0) is 22.5 Å². The Bertz CT molecular complexity index is 366. The quantitative estimate of drug-likeness (QED) is 0.576. The van der Waals surface area contributed by atoms with Crippen molar-refractivity contribution < 1.29 is 8.42 Å². The number of sulfone groups is 1. The minimum absolute atomic E-state index is 0.181. The zero-order valence-corrected chi connectivity index (χ0v) is 12.2. The molecule has 0 aromatic rings. The van der Waals surface area contributed by atoms with Crippen molar-refractivity contribution in [2.45, 2.75) is 38.6 Å². The summed E-state index contributed by atoms with van der Waals surface area (Å²) in [7, 11) is -2.91. The summed E-state index contributed by atoms with van der Waals surface area (Å²) in [5.41, 5.74) is -0.382. The molecular formula is C10H18NO2S3-. The van der Waals surface area contributed by atoms with Crippen LogP contribution in [0.15, 0.2) is 0 Å². The lowest BCUT2D eigenvalue weighted by atomic mass is 9.99. The molecule has 0 aromatic heterocycles. The van der Waals surface area contributed by atoms with Gasteiger partial charge in [-0.3, -0.25) is 0 Å². The summed E-state index contributed by atoms with van der Waals surface area (Å²) >= 11 is 10.1. The highest BCUT2D eigenvalue weighted by Gasteiger charge is 2.41. The second-order valence-corrected chi connectivity index (χ2v) is 7.83. The fourth-order valence-electron chi connectivity index (χ4n) is 2.10. The van der Waals surface area contributed by atoms with Gasteiger partial charge < -0.3 is 29.7 Å². The van der Waals surface area contributed by atoms with Gasteiger partial charge in [0.05, 0.1) is 17.0 Å². The molecule has 0 bridgehead atoms. The van der Waals surface area contributed by atoms with Gasteiger partial charge in [-0.05, 0) is 19.8 Å². The van der Waals surface area contributed by atoms with E-state index < -0.39 is 9.84 Å². The minimum Gasteiger partial charge on any atom is -0.411 e. The van der Waals surface area contributed by atoms with E-state index in [9.17, 15) is 8.42 Å². The summed E-state index contributed by atoms with van der Waals surface area (Å²) in [6, 6.07) is 0. The van der Waals surface area contributed by atoms with E-state index >= 15 is 0 Å². The number of hydrogen-bond acceptors (Lipinski definition) is 4. The van der Waals surface area contributed by atoms with Gasteiger partial charge in [-0.15, -0.1) is 0 Å². The predicted octanol–water partition coefficient (Wildman–Crippen LogP) is 1.50. The van der Waals surface area contributed by atoms with Crippen molar-refractivity contribution in [1.82, 2.24) is 4.90 Å². The number of thiocarbonyl (C=S) groups is 1. The first-order valence-electron chi connectivity index (χ1n) is 5.50. The third kappa shape index (κ3) is 3.28. The van der Waals surface area contributed by atoms with E-state index in [2.05, 4.69) is 6.92 Å². The summed E-state index contributed by atoms with van der Waals surface area (Å²) in [4.78, 5) is 1.92. The molecule has 1 rings (SSSR count). The van der Waals surface area contributed by atoms with Gasteiger partial charge >= 0.3 is 0 Å². The maximum Gasteiger partial charge on any atom is 0.152 e. The maximum absolute atomic E-state index is 11.5. The summed E-state index contributed by atoms with van der Waals surface area (Å²) in [5, 5.41) is 0. The van der Waals surface area contributed by atoms with Crippen LogP contribution in [0.2, 0.25) is 0 Å². The first-order chi connectivity index (χ1) is 7.31. The molecular weight excluding hydrogens is 262 g/mol. The number of nitrogens with zero attached hydrogens (tertiary/aromatic N) is 1. The van der Waals surface area contributed by atoms with Crippen molar-refractivity contribution >= 4 is 39.0 Å². The van der Waals surface area contributed by atoms with Crippen LogP contribution in [-0.4, -0.2) is 41.2 Å². The third-order valence-electron chi connectivity index (χ3n) is 3.09. The fraction of sp³-hybridized carbons (Fsp3) is 0.900. The number of rotatable bonds is 4. The smallest absolute Gasteiger partial charge is 0.152 e. The zero-order chi connectivity index (χ0) is 12.4. The molecule has 16 heavy (non-hydrogen) atoms. The van der Waals surface area contributed by atoms with Gasteiger partial charge in [0.2, 0.25) is 0 Å². The third-order valence-corrected chi connectivity index (χ3v) is 5.42. The molecule has 0 radical (unpaired) electrons. The van der Waals surface area contributed by atoms with Crippen molar-refractivity contribution in [2.75, 3.05) is 18.1 Å². The molecule has 0 amide bonds. The molecule has 1 aliphatic rings. The Kier molecular flexibility index (Phi) is 4.54.